The summed E-state index contributed by atoms with van der Waals surface area (Å²) in [4.78, 5) is 12.3. The molecular formula is C14H14N2O2S. The molecule has 5 heteroatoms. The number of hydrogen-bond acceptors (Lipinski definition) is 3. The van der Waals surface area contributed by atoms with Gasteiger partial charge in [0.05, 0.1) is 6.20 Å². The van der Waals surface area contributed by atoms with E-state index in [1.807, 2.05) is 18.7 Å². The predicted octanol–water partition coefficient (Wildman–Crippen LogP) is 2.78. The van der Waals surface area contributed by atoms with Crippen LogP contribution in [0.25, 0.3) is 0 Å². The summed E-state index contributed by atoms with van der Waals surface area (Å²) in [5.74, 6) is 0.521. The Morgan fingerprint density at radius 2 is 2.32 bits per heavy atom. The lowest BCUT2D eigenvalue weighted by Gasteiger charge is -2.12. The lowest BCUT2D eigenvalue weighted by atomic mass is 10.0. The first kappa shape index (κ1) is 12.3. The molecule has 4 nitrogen and oxygen atoms in total. The Bertz CT molecular complexity index is 636. The molecule has 0 amide bonds. The number of aromatic nitrogens is 2. The van der Waals surface area contributed by atoms with Crippen LogP contribution >= 0.6 is 11.8 Å². The minimum Gasteiger partial charge on any atom is -0.478 e. The SMILES string of the molecule is Cc1c(C(=O)O)cnn1CC1CSc2ccccc21. The van der Waals surface area contributed by atoms with Gasteiger partial charge in [0, 0.05) is 28.8 Å². The molecule has 0 fully saturated rings. The highest BCUT2D eigenvalue weighted by Crippen LogP contribution is 2.40. The van der Waals surface area contributed by atoms with E-state index >= 15 is 0 Å². The quantitative estimate of drug-likeness (QED) is 0.935. The number of fused-ring (bicyclic) bond motifs is 1. The molecule has 0 aliphatic carbocycles. The van der Waals surface area contributed by atoms with Crippen molar-refractivity contribution in [1.82, 2.24) is 9.78 Å². The van der Waals surface area contributed by atoms with Crippen molar-refractivity contribution in [2.24, 2.45) is 0 Å². The maximum atomic E-state index is 11.0. The van der Waals surface area contributed by atoms with Crippen LogP contribution in [0, 0.1) is 6.92 Å². The van der Waals surface area contributed by atoms with Crippen molar-refractivity contribution < 1.29 is 9.90 Å². The summed E-state index contributed by atoms with van der Waals surface area (Å²) in [6, 6.07) is 8.39. The van der Waals surface area contributed by atoms with Gasteiger partial charge in [0.25, 0.3) is 0 Å². The number of benzene rings is 1. The molecule has 3 rings (SSSR count). The molecule has 1 atom stereocenters. The topological polar surface area (TPSA) is 55.1 Å². The van der Waals surface area contributed by atoms with E-state index in [-0.39, 0.29) is 0 Å². The fourth-order valence-corrected chi connectivity index (χ4v) is 3.67. The zero-order valence-electron chi connectivity index (χ0n) is 10.5. The molecule has 1 unspecified atom stereocenters. The second kappa shape index (κ2) is 4.74. The Morgan fingerprint density at radius 3 is 3.05 bits per heavy atom. The van der Waals surface area contributed by atoms with Crippen LogP contribution in [-0.4, -0.2) is 26.6 Å². The van der Waals surface area contributed by atoms with E-state index in [1.54, 1.807) is 4.68 Å². The highest BCUT2D eigenvalue weighted by Gasteiger charge is 2.24. The van der Waals surface area contributed by atoms with E-state index in [1.165, 1.54) is 16.7 Å². The van der Waals surface area contributed by atoms with Gasteiger partial charge in [-0.25, -0.2) is 4.79 Å². The lowest BCUT2D eigenvalue weighted by Crippen LogP contribution is -2.12. The molecule has 0 saturated heterocycles. The van der Waals surface area contributed by atoms with Gasteiger partial charge in [0.2, 0.25) is 0 Å². The Hall–Kier alpha value is -1.75. The van der Waals surface area contributed by atoms with Gasteiger partial charge < -0.3 is 5.11 Å². The zero-order chi connectivity index (χ0) is 13.4. The summed E-state index contributed by atoms with van der Waals surface area (Å²) in [5.41, 5.74) is 2.36. The monoisotopic (exact) mass is 274 g/mol. The molecule has 1 aromatic heterocycles. The maximum Gasteiger partial charge on any atom is 0.339 e. The first-order valence-electron chi connectivity index (χ1n) is 6.14. The number of nitrogens with zero attached hydrogens (tertiary/aromatic N) is 2. The number of carboxylic acid groups (broad SMARTS) is 1. The van der Waals surface area contributed by atoms with Crippen molar-refractivity contribution in [2.75, 3.05) is 5.75 Å². The highest BCUT2D eigenvalue weighted by atomic mass is 32.2. The standard InChI is InChI=1S/C14H14N2O2S/c1-9-12(14(17)18)6-15-16(9)7-10-8-19-13-5-3-2-4-11(10)13/h2-6,10H,7-8H2,1H3,(H,17,18). The van der Waals surface area contributed by atoms with Crippen molar-refractivity contribution in [3.63, 3.8) is 0 Å². The zero-order valence-corrected chi connectivity index (χ0v) is 11.4. The fraction of sp³-hybridized carbons (Fsp3) is 0.286. The van der Waals surface area contributed by atoms with Crippen molar-refractivity contribution in [1.29, 1.82) is 0 Å². The average molecular weight is 274 g/mol. The van der Waals surface area contributed by atoms with Gasteiger partial charge in [0.15, 0.2) is 0 Å². The molecule has 1 N–H and O–H groups in total. The van der Waals surface area contributed by atoms with Gasteiger partial charge in [-0.15, -0.1) is 11.8 Å². The van der Waals surface area contributed by atoms with E-state index in [0.29, 0.717) is 11.5 Å². The third-order valence-electron chi connectivity index (χ3n) is 3.53. The van der Waals surface area contributed by atoms with E-state index < -0.39 is 5.97 Å². The molecule has 0 spiro atoms. The van der Waals surface area contributed by atoms with Crippen molar-refractivity contribution >= 4 is 17.7 Å². The summed E-state index contributed by atoms with van der Waals surface area (Å²) in [5, 5.41) is 13.2. The minimum atomic E-state index is -0.912. The predicted molar refractivity (Wildman–Crippen MR) is 73.8 cm³/mol. The Balaban J connectivity index is 1.86. The Morgan fingerprint density at radius 1 is 1.53 bits per heavy atom. The van der Waals surface area contributed by atoms with Crippen LogP contribution in [0.2, 0.25) is 0 Å². The Labute approximate surface area is 115 Å². The summed E-state index contributed by atoms with van der Waals surface area (Å²) in [6.07, 6.45) is 1.44. The smallest absolute Gasteiger partial charge is 0.339 e. The van der Waals surface area contributed by atoms with Crippen molar-refractivity contribution in [3.8, 4) is 0 Å². The summed E-state index contributed by atoms with van der Waals surface area (Å²) < 4.78 is 1.80. The molecular weight excluding hydrogens is 260 g/mol. The molecule has 2 heterocycles. The van der Waals surface area contributed by atoms with Crippen LogP contribution < -0.4 is 0 Å². The van der Waals surface area contributed by atoms with Crippen molar-refractivity contribution in [2.45, 2.75) is 24.3 Å². The molecule has 1 aromatic carbocycles. The van der Waals surface area contributed by atoms with Crippen LogP contribution in [0.1, 0.15) is 27.5 Å². The average Bonchev–Trinajstić information content (AvgIpc) is 2.96. The van der Waals surface area contributed by atoms with E-state index in [9.17, 15) is 4.79 Å². The highest BCUT2D eigenvalue weighted by molar-refractivity contribution is 7.99. The largest absolute Gasteiger partial charge is 0.478 e. The fourth-order valence-electron chi connectivity index (χ4n) is 2.43. The van der Waals surface area contributed by atoms with Crippen LogP contribution in [0.4, 0.5) is 0 Å². The summed E-state index contributed by atoms with van der Waals surface area (Å²) >= 11 is 1.86. The Kier molecular flexibility index (Phi) is 3.06. The molecule has 1 aliphatic rings. The van der Waals surface area contributed by atoms with Crippen LogP contribution in [0.15, 0.2) is 35.4 Å². The van der Waals surface area contributed by atoms with E-state index in [0.717, 1.165) is 18.0 Å². The van der Waals surface area contributed by atoms with E-state index in [2.05, 4.69) is 29.4 Å². The molecule has 98 valence electrons. The number of aromatic carboxylic acids is 1. The molecule has 0 saturated carbocycles. The third kappa shape index (κ3) is 2.14. The van der Waals surface area contributed by atoms with Gasteiger partial charge in [-0.3, -0.25) is 4.68 Å². The molecule has 0 radical (unpaired) electrons. The number of carbonyl (C=O) groups is 1. The molecule has 2 aromatic rings. The van der Waals surface area contributed by atoms with Gasteiger partial charge in [-0.05, 0) is 18.6 Å². The molecule has 1 aliphatic heterocycles. The normalized spacial score (nSPS) is 17.4. The minimum absolute atomic E-state index is 0.291. The summed E-state index contributed by atoms with van der Waals surface area (Å²) in [6.45, 7) is 2.55. The van der Waals surface area contributed by atoms with Gasteiger partial charge in [-0.2, -0.15) is 5.10 Å². The van der Waals surface area contributed by atoms with Crippen molar-refractivity contribution in [3.05, 3.63) is 47.3 Å². The van der Waals surface area contributed by atoms with E-state index in [4.69, 9.17) is 5.11 Å². The van der Waals surface area contributed by atoms with Gasteiger partial charge >= 0.3 is 5.97 Å². The van der Waals surface area contributed by atoms with Gasteiger partial charge in [0.1, 0.15) is 5.56 Å². The van der Waals surface area contributed by atoms with Crippen LogP contribution in [0.3, 0.4) is 0 Å². The second-order valence-electron chi connectivity index (χ2n) is 4.68. The number of rotatable bonds is 3. The third-order valence-corrected chi connectivity index (χ3v) is 4.78. The number of hydrogen-bond donors (Lipinski definition) is 1. The molecule has 0 bridgehead atoms. The maximum absolute atomic E-state index is 11.0. The van der Waals surface area contributed by atoms with Crippen LogP contribution in [-0.2, 0) is 6.54 Å². The summed E-state index contributed by atoms with van der Waals surface area (Å²) in [7, 11) is 0. The number of thioether (sulfide) groups is 1. The first-order chi connectivity index (χ1) is 9.16. The number of carboxylic acids is 1. The van der Waals surface area contributed by atoms with Crippen LogP contribution in [0.5, 0.6) is 0 Å². The van der Waals surface area contributed by atoms with Gasteiger partial charge in [-0.1, -0.05) is 18.2 Å². The lowest BCUT2D eigenvalue weighted by molar-refractivity contribution is 0.0696. The molecule has 19 heavy (non-hydrogen) atoms. The second-order valence-corrected chi connectivity index (χ2v) is 5.74. The first-order valence-corrected chi connectivity index (χ1v) is 7.13.